The Hall–Kier alpha value is -2.69. The van der Waals surface area contributed by atoms with Crippen molar-refractivity contribution in [3.8, 4) is 11.5 Å². The zero-order valence-electron chi connectivity index (χ0n) is 15.0. The van der Waals surface area contributed by atoms with Gasteiger partial charge in [-0.15, -0.1) is 0 Å². The number of ether oxygens (including phenoxy) is 1. The van der Waals surface area contributed by atoms with E-state index < -0.39 is 0 Å². The van der Waals surface area contributed by atoms with Crippen LogP contribution in [0.15, 0.2) is 53.5 Å². The molecule has 2 aromatic rings. The molecule has 0 bridgehead atoms. The summed E-state index contributed by atoms with van der Waals surface area (Å²) in [5, 5.41) is 16.6. The van der Waals surface area contributed by atoms with Gasteiger partial charge in [0.05, 0.1) is 7.11 Å². The summed E-state index contributed by atoms with van der Waals surface area (Å²) >= 11 is 0. The van der Waals surface area contributed by atoms with Crippen LogP contribution in [0.2, 0.25) is 0 Å². The van der Waals surface area contributed by atoms with Gasteiger partial charge in [-0.3, -0.25) is 4.99 Å². The zero-order chi connectivity index (χ0) is 17.9. The Kier molecular flexibility index (Phi) is 7.63. The number of methoxy groups -OCH3 is 1. The number of nitrogens with zero attached hydrogens (tertiary/aromatic N) is 1. The molecule has 134 valence electrons. The van der Waals surface area contributed by atoms with Crippen molar-refractivity contribution in [2.75, 3.05) is 27.2 Å². The fraction of sp³-hybridized carbons (Fsp3) is 0.350. The highest BCUT2D eigenvalue weighted by Gasteiger charge is 2.04. The molecular weight excluding hydrogens is 314 g/mol. The molecule has 0 spiro atoms. The SMILES string of the molecule is CN=C(NCCCc1ccccc1)NCCc1ccc(OC)cc1O. The van der Waals surface area contributed by atoms with Crippen LogP contribution in [0, 0.1) is 0 Å². The van der Waals surface area contributed by atoms with E-state index in [1.54, 1.807) is 20.2 Å². The Bertz CT molecular complexity index is 672. The van der Waals surface area contributed by atoms with Crippen molar-refractivity contribution in [3.63, 3.8) is 0 Å². The first-order chi connectivity index (χ1) is 12.2. The maximum atomic E-state index is 9.97. The number of phenolic OH excluding ortho intramolecular Hbond substituents is 1. The minimum Gasteiger partial charge on any atom is -0.508 e. The van der Waals surface area contributed by atoms with Crippen LogP contribution in [0.1, 0.15) is 17.5 Å². The molecule has 0 heterocycles. The van der Waals surface area contributed by atoms with Gasteiger partial charge in [0.2, 0.25) is 0 Å². The summed E-state index contributed by atoms with van der Waals surface area (Å²) in [6.07, 6.45) is 2.80. The van der Waals surface area contributed by atoms with Crippen LogP contribution in [0.4, 0.5) is 0 Å². The van der Waals surface area contributed by atoms with Crippen LogP contribution in [0.5, 0.6) is 11.5 Å². The standard InChI is InChI=1S/C20H27N3O2/c1-21-20(22-13-6-9-16-7-4-3-5-8-16)23-14-12-17-10-11-18(25-2)15-19(17)24/h3-5,7-8,10-11,15,24H,6,9,12-14H2,1-2H3,(H2,21,22,23). The molecule has 0 amide bonds. The molecule has 0 fully saturated rings. The average molecular weight is 341 g/mol. The number of guanidine groups is 1. The minimum absolute atomic E-state index is 0.256. The summed E-state index contributed by atoms with van der Waals surface area (Å²) in [5.41, 5.74) is 2.23. The monoisotopic (exact) mass is 341 g/mol. The normalized spacial score (nSPS) is 11.2. The van der Waals surface area contributed by atoms with Crippen LogP contribution in [0.3, 0.4) is 0 Å². The van der Waals surface area contributed by atoms with Crippen molar-refractivity contribution in [2.45, 2.75) is 19.3 Å². The van der Waals surface area contributed by atoms with Crippen molar-refractivity contribution >= 4 is 5.96 Å². The van der Waals surface area contributed by atoms with Crippen LogP contribution < -0.4 is 15.4 Å². The van der Waals surface area contributed by atoms with Gasteiger partial charge in [0, 0.05) is 26.2 Å². The lowest BCUT2D eigenvalue weighted by atomic mass is 10.1. The summed E-state index contributed by atoms with van der Waals surface area (Å²) in [4.78, 5) is 4.23. The van der Waals surface area contributed by atoms with Crippen LogP contribution in [-0.2, 0) is 12.8 Å². The van der Waals surface area contributed by atoms with Gasteiger partial charge in [0.15, 0.2) is 5.96 Å². The number of aromatic hydroxyl groups is 1. The Morgan fingerprint density at radius 3 is 2.48 bits per heavy atom. The topological polar surface area (TPSA) is 65.9 Å². The lowest BCUT2D eigenvalue weighted by Gasteiger charge is -2.12. The maximum absolute atomic E-state index is 9.97. The van der Waals surface area contributed by atoms with Gasteiger partial charge < -0.3 is 20.5 Å². The van der Waals surface area contributed by atoms with Gasteiger partial charge >= 0.3 is 0 Å². The molecule has 0 atom stereocenters. The van der Waals surface area contributed by atoms with Crippen molar-refractivity contribution in [1.29, 1.82) is 0 Å². The van der Waals surface area contributed by atoms with Crippen LogP contribution >= 0.6 is 0 Å². The molecule has 0 radical (unpaired) electrons. The summed E-state index contributed by atoms with van der Waals surface area (Å²) in [6, 6.07) is 15.8. The highest BCUT2D eigenvalue weighted by atomic mass is 16.5. The number of nitrogens with one attached hydrogen (secondary N) is 2. The molecule has 5 nitrogen and oxygen atoms in total. The molecule has 2 rings (SSSR count). The molecule has 0 aliphatic rings. The highest BCUT2D eigenvalue weighted by molar-refractivity contribution is 5.79. The average Bonchev–Trinajstić information content (AvgIpc) is 2.65. The van der Waals surface area contributed by atoms with E-state index in [2.05, 4.69) is 39.9 Å². The predicted octanol–water partition coefficient (Wildman–Crippen LogP) is 2.74. The largest absolute Gasteiger partial charge is 0.508 e. The highest BCUT2D eigenvalue weighted by Crippen LogP contribution is 2.23. The van der Waals surface area contributed by atoms with E-state index in [1.165, 1.54) is 5.56 Å². The second-order valence-electron chi connectivity index (χ2n) is 5.76. The number of benzene rings is 2. The predicted molar refractivity (Wildman–Crippen MR) is 102 cm³/mol. The molecule has 0 unspecified atom stereocenters. The first-order valence-electron chi connectivity index (χ1n) is 8.57. The van der Waals surface area contributed by atoms with Crippen LogP contribution in [-0.4, -0.2) is 38.3 Å². The smallest absolute Gasteiger partial charge is 0.190 e. The third kappa shape index (κ3) is 6.37. The van der Waals surface area contributed by atoms with E-state index >= 15 is 0 Å². The number of aliphatic imine (C=N–C) groups is 1. The molecule has 0 aromatic heterocycles. The second kappa shape index (κ2) is 10.2. The fourth-order valence-corrected chi connectivity index (χ4v) is 2.56. The third-order valence-electron chi connectivity index (χ3n) is 3.98. The summed E-state index contributed by atoms with van der Waals surface area (Å²) < 4.78 is 5.09. The molecule has 5 heteroatoms. The Morgan fingerprint density at radius 1 is 1.04 bits per heavy atom. The molecule has 0 saturated heterocycles. The Morgan fingerprint density at radius 2 is 1.80 bits per heavy atom. The lowest BCUT2D eigenvalue weighted by Crippen LogP contribution is -2.38. The summed E-state index contributed by atoms with van der Waals surface area (Å²) in [5.74, 6) is 1.69. The zero-order valence-corrected chi connectivity index (χ0v) is 15.0. The Balaban J connectivity index is 1.68. The van der Waals surface area contributed by atoms with Gasteiger partial charge in [0.25, 0.3) is 0 Å². The van der Waals surface area contributed by atoms with Crippen molar-refractivity contribution < 1.29 is 9.84 Å². The molecule has 0 aliphatic heterocycles. The van der Waals surface area contributed by atoms with Gasteiger partial charge in [0.1, 0.15) is 11.5 Å². The fourth-order valence-electron chi connectivity index (χ4n) is 2.56. The maximum Gasteiger partial charge on any atom is 0.190 e. The number of hydrogen-bond donors (Lipinski definition) is 3. The third-order valence-corrected chi connectivity index (χ3v) is 3.98. The lowest BCUT2D eigenvalue weighted by molar-refractivity contribution is 0.406. The molecule has 25 heavy (non-hydrogen) atoms. The molecule has 0 saturated carbocycles. The van der Waals surface area contributed by atoms with Crippen LogP contribution in [0.25, 0.3) is 0 Å². The number of hydrogen-bond acceptors (Lipinski definition) is 3. The van der Waals surface area contributed by atoms with E-state index in [0.29, 0.717) is 18.7 Å². The first kappa shape index (κ1) is 18.6. The van der Waals surface area contributed by atoms with Crippen molar-refractivity contribution in [3.05, 3.63) is 59.7 Å². The van der Waals surface area contributed by atoms with Gasteiger partial charge in [-0.2, -0.15) is 0 Å². The van der Waals surface area contributed by atoms with E-state index in [9.17, 15) is 5.11 Å². The van der Waals surface area contributed by atoms with Gasteiger partial charge in [-0.05, 0) is 36.5 Å². The molecule has 2 aromatic carbocycles. The quantitative estimate of drug-likeness (QED) is 0.392. The number of phenols is 1. The molecule has 0 aliphatic carbocycles. The Labute approximate surface area is 149 Å². The molecule has 3 N–H and O–H groups in total. The second-order valence-corrected chi connectivity index (χ2v) is 5.76. The number of rotatable bonds is 8. The number of aryl methyl sites for hydroxylation is 1. The van der Waals surface area contributed by atoms with E-state index in [0.717, 1.165) is 30.9 Å². The van der Waals surface area contributed by atoms with E-state index in [4.69, 9.17) is 4.74 Å². The summed E-state index contributed by atoms with van der Waals surface area (Å²) in [7, 11) is 3.35. The van der Waals surface area contributed by atoms with Crippen molar-refractivity contribution in [1.82, 2.24) is 10.6 Å². The first-order valence-corrected chi connectivity index (χ1v) is 8.57. The van der Waals surface area contributed by atoms with Gasteiger partial charge in [-0.1, -0.05) is 36.4 Å². The van der Waals surface area contributed by atoms with E-state index in [1.807, 2.05) is 18.2 Å². The van der Waals surface area contributed by atoms with Crippen molar-refractivity contribution in [2.24, 2.45) is 4.99 Å². The summed E-state index contributed by atoms with van der Waals surface area (Å²) in [6.45, 7) is 1.56. The van der Waals surface area contributed by atoms with E-state index in [-0.39, 0.29) is 5.75 Å². The molecular formula is C20H27N3O2. The minimum atomic E-state index is 0.256. The van der Waals surface area contributed by atoms with Gasteiger partial charge in [-0.25, -0.2) is 0 Å².